The van der Waals surface area contributed by atoms with Crippen molar-refractivity contribution in [3.63, 3.8) is 0 Å². The van der Waals surface area contributed by atoms with E-state index in [1.54, 1.807) is 12.1 Å². The predicted molar refractivity (Wildman–Crippen MR) is 75.7 cm³/mol. The van der Waals surface area contributed by atoms with Gasteiger partial charge in [-0.05, 0) is 31.9 Å². The van der Waals surface area contributed by atoms with Gasteiger partial charge in [-0.3, -0.25) is 10.1 Å². The molecule has 0 saturated heterocycles. The highest BCUT2D eigenvalue weighted by Crippen LogP contribution is 2.30. The molecule has 0 spiro atoms. The average molecular weight is 267 g/mol. The fraction of sp³-hybridized carbons (Fsp3) is 0.538. The minimum absolute atomic E-state index is 0.000887. The first kappa shape index (κ1) is 15.2. The molecule has 0 amide bonds. The summed E-state index contributed by atoms with van der Waals surface area (Å²) in [6.07, 6.45) is 2.74. The Bertz CT molecular complexity index is 410. The van der Waals surface area contributed by atoms with Gasteiger partial charge in [-0.2, -0.15) is 0 Å². The SMILES string of the molecule is CCCOc1cc(NCCCCN)ccc1[N+](=O)[O-]. The Labute approximate surface area is 113 Å². The van der Waals surface area contributed by atoms with Crippen molar-refractivity contribution < 1.29 is 9.66 Å². The highest BCUT2D eigenvalue weighted by atomic mass is 16.6. The molecule has 1 rings (SSSR count). The maximum Gasteiger partial charge on any atom is 0.311 e. The second-order valence-corrected chi connectivity index (χ2v) is 4.21. The Morgan fingerprint density at radius 1 is 1.42 bits per heavy atom. The third-order valence-corrected chi connectivity index (χ3v) is 2.58. The van der Waals surface area contributed by atoms with E-state index in [0.29, 0.717) is 18.9 Å². The van der Waals surface area contributed by atoms with Crippen LogP contribution in [0.1, 0.15) is 26.2 Å². The summed E-state index contributed by atoms with van der Waals surface area (Å²) in [5.41, 5.74) is 6.25. The number of nitrogens with zero attached hydrogens (tertiary/aromatic N) is 1. The monoisotopic (exact) mass is 267 g/mol. The molecule has 0 heterocycles. The van der Waals surface area contributed by atoms with Crippen LogP contribution >= 0.6 is 0 Å². The Balaban J connectivity index is 2.70. The number of ether oxygens (including phenoxy) is 1. The van der Waals surface area contributed by atoms with Crippen LogP contribution in [0.15, 0.2) is 18.2 Å². The molecule has 0 radical (unpaired) electrons. The topological polar surface area (TPSA) is 90.4 Å². The molecule has 6 nitrogen and oxygen atoms in total. The summed E-state index contributed by atoms with van der Waals surface area (Å²) in [7, 11) is 0. The number of rotatable bonds is 9. The van der Waals surface area contributed by atoms with Crippen molar-refractivity contribution in [3.8, 4) is 5.75 Å². The lowest BCUT2D eigenvalue weighted by Crippen LogP contribution is -2.06. The number of nitrogens with two attached hydrogens (primary N) is 1. The van der Waals surface area contributed by atoms with E-state index in [4.69, 9.17) is 10.5 Å². The smallest absolute Gasteiger partial charge is 0.311 e. The van der Waals surface area contributed by atoms with Gasteiger partial charge in [-0.1, -0.05) is 6.92 Å². The summed E-state index contributed by atoms with van der Waals surface area (Å²) >= 11 is 0. The van der Waals surface area contributed by atoms with Gasteiger partial charge in [0, 0.05) is 24.4 Å². The lowest BCUT2D eigenvalue weighted by atomic mass is 10.2. The van der Waals surface area contributed by atoms with Gasteiger partial charge in [0.15, 0.2) is 5.75 Å². The summed E-state index contributed by atoms with van der Waals surface area (Å²) in [4.78, 5) is 10.5. The molecule has 0 fully saturated rings. The number of nitro benzene ring substituents is 1. The molecule has 19 heavy (non-hydrogen) atoms. The standard InChI is InChI=1S/C13H21N3O3/c1-2-9-19-13-10-11(15-8-4-3-7-14)5-6-12(13)16(17)18/h5-6,10,15H,2-4,7-9,14H2,1H3. The van der Waals surface area contributed by atoms with Crippen LogP contribution in [-0.4, -0.2) is 24.6 Å². The number of unbranched alkanes of at least 4 members (excludes halogenated alkanes) is 1. The molecule has 6 heteroatoms. The minimum Gasteiger partial charge on any atom is -0.487 e. The van der Waals surface area contributed by atoms with E-state index in [9.17, 15) is 10.1 Å². The lowest BCUT2D eigenvalue weighted by molar-refractivity contribution is -0.385. The van der Waals surface area contributed by atoms with Crippen LogP contribution in [0, 0.1) is 10.1 Å². The van der Waals surface area contributed by atoms with Gasteiger partial charge in [0.25, 0.3) is 0 Å². The molecule has 0 unspecified atom stereocenters. The average Bonchev–Trinajstić information content (AvgIpc) is 2.41. The van der Waals surface area contributed by atoms with E-state index in [1.807, 2.05) is 6.92 Å². The Morgan fingerprint density at radius 2 is 2.21 bits per heavy atom. The summed E-state index contributed by atoms with van der Waals surface area (Å²) < 4.78 is 5.41. The zero-order valence-electron chi connectivity index (χ0n) is 11.2. The van der Waals surface area contributed by atoms with Gasteiger partial charge in [-0.25, -0.2) is 0 Å². The normalized spacial score (nSPS) is 10.2. The van der Waals surface area contributed by atoms with Crippen molar-refractivity contribution >= 4 is 11.4 Å². The van der Waals surface area contributed by atoms with Crippen molar-refractivity contribution in [2.75, 3.05) is 25.0 Å². The van der Waals surface area contributed by atoms with Crippen LogP contribution in [0.5, 0.6) is 5.75 Å². The van der Waals surface area contributed by atoms with Gasteiger partial charge in [0.05, 0.1) is 11.5 Å². The van der Waals surface area contributed by atoms with E-state index in [1.165, 1.54) is 6.07 Å². The molecule has 0 bridgehead atoms. The number of hydrogen-bond acceptors (Lipinski definition) is 5. The number of nitrogens with one attached hydrogen (secondary N) is 1. The molecule has 0 saturated carbocycles. The highest BCUT2D eigenvalue weighted by Gasteiger charge is 2.15. The molecule has 1 aromatic carbocycles. The van der Waals surface area contributed by atoms with Gasteiger partial charge >= 0.3 is 5.69 Å². The first-order chi connectivity index (χ1) is 9.19. The second kappa shape index (κ2) is 8.31. The summed E-state index contributed by atoms with van der Waals surface area (Å²) in [6, 6.07) is 4.84. The summed E-state index contributed by atoms with van der Waals surface area (Å²) in [6.45, 7) is 3.90. The van der Waals surface area contributed by atoms with Crippen LogP contribution in [0.4, 0.5) is 11.4 Å². The molecule has 0 aliphatic rings. The molecule has 0 atom stereocenters. The van der Waals surface area contributed by atoms with Crippen molar-refractivity contribution in [2.45, 2.75) is 26.2 Å². The van der Waals surface area contributed by atoms with Crippen LogP contribution in [-0.2, 0) is 0 Å². The van der Waals surface area contributed by atoms with Gasteiger partial charge < -0.3 is 15.8 Å². The lowest BCUT2D eigenvalue weighted by Gasteiger charge is -2.09. The number of anilines is 1. The minimum atomic E-state index is -0.427. The van der Waals surface area contributed by atoms with E-state index in [0.717, 1.165) is 31.5 Å². The van der Waals surface area contributed by atoms with Gasteiger partial charge in [0.1, 0.15) is 0 Å². The van der Waals surface area contributed by atoms with Crippen LogP contribution in [0.25, 0.3) is 0 Å². The van der Waals surface area contributed by atoms with E-state index < -0.39 is 4.92 Å². The van der Waals surface area contributed by atoms with Gasteiger partial charge in [-0.15, -0.1) is 0 Å². The van der Waals surface area contributed by atoms with Crippen LogP contribution in [0.3, 0.4) is 0 Å². The van der Waals surface area contributed by atoms with E-state index in [-0.39, 0.29) is 5.69 Å². The molecule has 3 N–H and O–H groups in total. The summed E-state index contributed by atoms with van der Waals surface area (Å²) in [5, 5.41) is 14.1. The molecule has 0 aromatic heterocycles. The molecular formula is C13H21N3O3. The first-order valence-corrected chi connectivity index (χ1v) is 6.54. The van der Waals surface area contributed by atoms with Crippen molar-refractivity contribution in [1.29, 1.82) is 0 Å². The Morgan fingerprint density at radius 3 is 2.84 bits per heavy atom. The van der Waals surface area contributed by atoms with Crippen molar-refractivity contribution in [1.82, 2.24) is 0 Å². The van der Waals surface area contributed by atoms with Crippen molar-refractivity contribution in [3.05, 3.63) is 28.3 Å². The number of benzene rings is 1. The Hall–Kier alpha value is -1.82. The fourth-order valence-electron chi connectivity index (χ4n) is 1.60. The highest BCUT2D eigenvalue weighted by molar-refractivity contribution is 5.57. The third kappa shape index (κ3) is 5.13. The largest absolute Gasteiger partial charge is 0.487 e. The fourth-order valence-corrected chi connectivity index (χ4v) is 1.60. The van der Waals surface area contributed by atoms with E-state index >= 15 is 0 Å². The van der Waals surface area contributed by atoms with Crippen molar-refractivity contribution in [2.24, 2.45) is 5.73 Å². The molecule has 0 aliphatic heterocycles. The molecule has 1 aromatic rings. The molecular weight excluding hydrogens is 246 g/mol. The zero-order valence-corrected chi connectivity index (χ0v) is 11.2. The number of nitro groups is 1. The first-order valence-electron chi connectivity index (χ1n) is 6.54. The molecule has 0 aliphatic carbocycles. The van der Waals surface area contributed by atoms with Crippen LogP contribution in [0.2, 0.25) is 0 Å². The molecule has 106 valence electrons. The number of hydrogen-bond donors (Lipinski definition) is 2. The predicted octanol–water partition coefficient (Wildman–Crippen LogP) is 2.53. The maximum atomic E-state index is 10.9. The summed E-state index contributed by atoms with van der Waals surface area (Å²) in [5.74, 6) is 0.315. The van der Waals surface area contributed by atoms with Crippen LogP contribution < -0.4 is 15.8 Å². The third-order valence-electron chi connectivity index (χ3n) is 2.58. The second-order valence-electron chi connectivity index (χ2n) is 4.21. The maximum absolute atomic E-state index is 10.9. The Kier molecular flexibility index (Phi) is 6.67. The zero-order chi connectivity index (χ0) is 14.1. The quantitative estimate of drug-likeness (QED) is 0.407. The van der Waals surface area contributed by atoms with Gasteiger partial charge in [0.2, 0.25) is 0 Å². The van der Waals surface area contributed by atoms with E-state index in [2.05, 4.69) is 5.32 Å².